The molecule has 0 bridgehead atoms. The van der Waals surface area contributed by atoms with Crippen LogP contribution in [0.5, 0.6) is 0 Å². The van der Waals surface area contributed by atoms with Crippen molar-refractivity contribution in [2.75, 3.05) is 13.1 Å². The zero-order valence-corrected chi connectivity index (χ0v) is 20.9. The molecule has 0 aromatic heterocycles. The van der Waals surface area contributed by atoms with Crippen molar-refractivity contribution in [2.24, 2.45) is 27.9 Å². The van der Waals surface area contributed by atoms with E-state index in [-0.39, 0.29) is 31.8 Å². The molecule has 17 nitrogen and oxygen atoms in total. The predicted octanol–water partition coefficient (Wildman–Crippen LogP) is -3.63. The minimum absolute atomic E-state index is 0.0519. The lowest BCUT2D eigenvalue weighted by atomic mass is 10.1. The minimum Gasteiger partial charge on any atom is -0.481 e. The highest BCUT2D eigenvalue weighted by Gasteiger charge is 2.31. The fourth-order valence-corrected chi connectivity index (χ4v) is 3.14. The molecular formula is C21H38N8O9. The Morgan fingerprint density at radius 1 is 0.711 bits per heavy atom. The second-order valence-electron chi connectivity index (χ2n) is 8.39. The summed E-state index contributed by atoms with van der Waals surface area (Å²) in [5, 5.41) is 34.1. The molecule has 14 N–H and O–H groups in total. The number of nitrogens with zero attached hydrogens (tertiary/aromatic N) is 1. The summed E-state index contributed by atoms with van der Waals surface area (Å²) in [5.41, 5.74) is 21.7. The largest absolute Gasteiger partial charge is 0.481 e. The quantitative estimate of drug-likeness (QED) is 0.0401. The van der Waals surface area contributed by atoms with Crippen molar-refractivity contribution in [3.63, 3.8) is 0 Å². The number of carboxylic acid groups (broad SMARTS) is 3. The Hall–Kier alpha value is -3.99. The van der Waals surface area contributed by atoms with Crippen LogP contribution in [0.3, 0.4) is 0 Å². The Balaban J connectivity index is 5.62. The molecule has 0 aromatic rings. The second kappa shape index (κ2) is 18.3. The molecule has 0 fully saturated rings. The van der Waals surface area contributed by atoms with Crippen molar-refractivity contribution >= 4 is 41.6 Å². The standard InChI is InChI=1S/C21H38N8O9/c22-8-2-1-4-11(23)17(34)29-14(10-16(32)33)19(36)27-12(5-3-9-26-21(24)25)18(35)28-13(20(37)38)6-7-15(30)31/h11-14H,1-10,22-23H2,(H,27,36)(H,28,35)(H,29,34)(H,30,31)(H,32,33)(H,37,38)(H4,24,25,26). The topological polar surface area (TPSA) is 316 Å². The number of nitrogens with two attached hydrogens (primary N) is 4. The van der Waals surface area contributed by atoms with Crippen LogP contribution in [0, 0.1) is 0 Å². The number of hydrogen-bond acceptors (Lipinski definition) is 9. The summed E-state index contributed by atoms with van der Waals surface area (Å²) in [6.07, 6.45) is -0.371. The average Bonchev–Trinajstić information content (AvgIpc) is 2.82. The Labute approximate surface area is 218 Å². The monoisotopic (exact) mass is 546 g/mol. The van der Waals surface area contributed by atoms with Gasteiger partial charge in [0, 0.05) is 13.0 Å². The van der Waals surface area contributed by atoms with Crippen LogP contribution in [0.2, 0.25) is 0 Å². The summed E-state index contributed by atoms with van der Waals surface area (Å²) in [7, 11) is 0. The van der Waals surface area contributed by atoms with Gasteiger partial charge in [-0.2, -0.15) is 0 Å². The summed E-state index contributed by atoms with van der Waals surface area (Å²) in [6.45, 7) is 0.445. The summed E-state index contributed by atoms with van der Waals surface area (Å²) in [6, 6.07) is -5.60. The van der Waals surface area contributed by atoms with Gasteiger partial charge in [0.05, 0.1) is 12.5 Å². The van der Waals surface area contributed by atoms with E-state index in [9.17, 15) is 39.0 Å². The van der Waals surface area contributed by atoms with E-state index in [1.54, 1.807) is 0 Å². The van der Waals surface area contributed by atoms with Crippen molar-refractivity contribution in [3.8, 4) is 0 Å². The maximum atomic E-state index is 12.9. The van der Waals surface area contributed by atoms with Crippen molar-refractivity contribution in [3.05, 3.63) is 0 Å². The first-order valence-corrected chi connectivity index (χ1v) is 11.9. The number of unbranched alkanes of at least 4 members (excludes halogenated alkanes) is 1. The lowest BCUT2D eigenvalue weighted by molar-refractivity contribution is -0.144. The Morgan fingerprint density at radius 3 is 1.82 bits per heavy atom. The van der Waals surface area contributed by atoms with E-state index in [2.05, 4.69) is 20.9 Å². The highest BCUT2D eigenvalue weighted by atomic mass is 16.4. The molecule has 0 heterocycles. The molecule has 0 spiro atoms. The molecule has 0 aliphatic rings. The van der Waals surface area contributed by atoms with Crippen molar-refractivity contribution in [2.45, 2.75) is 75.5 Å². The lowest BCUT2D eigenvalue weighted by Gasteiger charge is -2.24. The number of nitrogens with one attached hydrogen (secondary N) is 3. The van der Waals surface area contributed by atoms with Crippen LogP contribution in [0.15, 0.2) is 4.99 Å². The molecule has 0 radical (unpaired) electrons. The molecule has 0 saturated heterocycles. The third-order valence-corrected chi connectivity index (χ3v) is 5.16. The number of carboxylic acids is 3. The van der Waals surface area contributed by atoms with E-state index >= 15 is 0 Å². The molecule has 4 atom stereocenters. The van der Waals surface area contributed by atoms with Crippen LogP contribution in [0.25, 0.3) is 0 Å². The molecule has 17 heteroatoms. The molecule has 0 aliphatic heterocycles. The van der Waals surface area contributed by atoms with E-state index < -0.39 is 79.1 Å². The fourth-order valence-electron chi connectivity index (χ4n) is 3.14. The number of rotatable bonds is 20. The molecule has 38 heavy (non-hydrogen) atoms. The Bertz CT molecular complexity index is 864. The van der Waals surface area contributed by atoms with Crippen molar-refractivity contribution in [1.29, 1.82) is 0 Å². The first-order valence-electron chi connectivity index (χ1n) is 11.9. The summed E-state index contributed by atoms with van der Waals surface area (Å²) in [4.78, 5) is 75.5. The zero-order chi connectivity index (χ0) is 29.3. The average molecular weight is 547 g/mol. The number of aliphatic imine (C=N–C) groups is 1. The van der Waals surface area contributed by atoms with Gasteiger partial charge >= 0.3 is 17.9 Å². The van der Waals surface area contributed by atoms with Gasteiger partial charge in [0.25, 0.3) is 0 Å². The van der Waals surface area contributed by atoms with Crippen molar-refractivity contribution in [1.82, 2.24) is 16.0 Å². The van der Waals surface area contributed by atoms with Crippen LogP contribution >= 0.6 is 0 Å². The molecule has 0 rings (SSSR count). The molecular weight excluding hydrogens is 508 g/mol. The normalized spacial score (nSPS) is 13.7. The number of guanidine groups is 1. The Kier molecular flexibility index (Phi) is 16.4. The molecule has 216 valence electrons. The SMILES string of the molecule is NCCCCC(N)C(=O)NC(CC(=O)O)C(=O)NC(CCCN=C(N)N)C(=O)NC(CCC(=O)O)C(=O)O. The van der Waals surface area contributed by atoms with Crippen LogP contribution in [-0.4, -0.2) is 94.2 Å². The summed E-state index contributed by atoms with van der Waals surface area (Å²) < 4.78 is 0. The summed E-state index contributed by atoms with van der Waals surface area (Å²) in [5.74, 6) is -7.20. The van der Waals surface area contributed by atoms with Gasteiger partial charge < -0.3 is 54.2 Å². The number of aliphatic carboxylic acids is 3. The van der Waals surface area contributed by atoms with Gasteiger partial charge in [0.2, 0.25) is 17.7 Å². The zero-order valence-electron chi connectivity index (χ0n) is 20.9. The number of carbonyl (C=O) groups excluding carboxylic acids is 3. The first-order chi connectivity index (χ1) is 17.8. The number of carbonyl (C=O) groups is 6. The first kappa shape index (κ1) is 34.0. The molecule has 0 aliphatic carbocycles. The molecule has 0 aromatic carbocycles. The van der Waals surface area contributed by atoms with E-state index in [1.165, 1.54) is 0 Å². The lowest BCUT2D eigenvalue weighted by Crippen LogP contribution is -2.57. The third kappa shape index (κ3) is 15.2. The third-order valence-electron chi connectivity index (χ3n) is 5.16. The van der Waals surface area contributed by atoms with Gasteiger partial charge in [-0.1, -0.05) is 6.42 Å². The number of hydrogen-bond donors (Lipinski definition) is 10. The van der Waals surface area contributed by atoms with Crippen LogP contribution in [0.1, 0.15) is 51.4 Å². The number of amides is 3. The van der Waals surface area contributed by atoms with Crippen LogP contribution < -0.4 is 38.9 Å². The molecule has 0 saturated carbocycles. The van der Waals surface area contributed by atoms with Crippen LogP contribution in [0.4, 0.5) is 0 Å². The predicted molar refractivity (Wildman–Crippen MR) is 133 cm³/mol. The van der Waals surface area contributed by atoms with E-state index in [0.29, 0.717) is 19.4 Å². The van der Waals surface area contributed by atoms with E-state index in [1.807, 2.05) is 0 Å². The van der Waals surface area contributed by atoms with Gasteiger partial charge in [0.1, 0.15) is 18.1 Å². The molecule has 4 unspecified atom stereocenters. The van der Waals surface area contributed by atoms with Crippen molar-refractivity contribution < 1.29 is 44.1 Å². The smallest absolute Gasteiger partial charge is 0.326 e. The maximum absolute atomic E-state index is 12.9. The molecule has 3 amide bonds. The second-order valence-corrected chi connectivity index (χ2v) is 8.39. The van der Waals surface area contributed by atoms with E-state index in [4.69, 9.17) is 28.0 Å². The van der Waals surface area contributed by atoms with Gasteiger partial charge in [-0.25, -0.2) is 4.79 Å². The van der Waals surface area contributed by atoms with Gasteiger partial charge in [-0.05, 0) is 38.6 Å². The maximum Gasteiger partial charge on any atom is 0.326 e. The minimum atomic E-state index is -1.60. The van der Waals surface area contributed by atoms with Crippen LogP contribution in [-0.2, 0) is 28.8 Å². The fraction of sp³-hybridized carbons (Fsp3) is 0.667. The van der Waals surface area contributed by atoms with Gasteiger partial charge in [-0.15, -0.1) is 0 Å². The highest BCUT2D eigenvalue weighted by molar-refractivity contribution is 5.95. The van der Waals surface area contributed by atoms with E-state index in [0.717, 1.165) is 0 Å². The van der Waals surface area contributed by atoms with Gasteiger partial charge in [-0.3, -0.25) is 29.0 Å². The summed E-state index contributed by atoms with van der Waals surface area (Å²) >= 11 is 0. The van der Waals surface area contributed by atoms with Gasteiger partial charge in [0.15, 0.2) is 5.96 Å². The highest BCUT2D eigenvalue weighted by Crippen LogP contribution is 2.06. The Morgan fingerprint density at radius 2 is 1.29 bits per heavy atom.